The van der Waals surface area contributed by atoms with Crippen molar-refractivity contribution in [1.29, 1.82) is 0 Å². The van der Waals surface area contributed by atoms with Gasteiger partial charge in [0, 0.05) is 48.4 Å². The summed E-state index contributed by atoms with van der Waals surface area (Å²) in [7, 11) is 0. The number of imidazole rings is 1. The lowest BCUT2D eigenvalue weighted by Gasteiger charge is -2.20. The van der Waals surface area contributed by atoms with Crippen molar-refractivity contribution in [3.63, 3.8) is 0 Å². The number of aryl methyl sites for hydroxylation is 3. The van der Waals surface area contributed by atoms with Crippen molar-refractivity contribution in [2.75, 3.05) is 0 Å². The van der Waals surface area contributed by atoms with E-state index in [4.69, 9.17) is 9.97 Å². The van der Waals surface area contributed by atoms with Gasteiger partial charge in [0.15, 0.2) is 5.65 Å². The topological polar surface area (TPSA) is 96.7 Å². The number of fused-ring (bicyclic) bond motifs is 1. The van der Waals surface area contributed by atoms with Gasteiger partial charge in [0.25, 0.3) is 0 Å². The Morgan fingerprint density at radius 1 is 1.00 bits per heavy atom. The van der Waals surface area contributed by atoms with Crippen molar-refractivity contribution in [1.82, 2.24) is 39.9 Å². The molecule has 0 amide bonds. The molecule has 8 heteroatoms. The highest BCUT2D eigenvalue weighted by molar-refractivity contribution is 5.77. The van der Waals surface area contributed by atoms with Crippen LogP contribution >= 0.6 is 0 Å². The molecule has 0 aliphatic rings. The smallest absolute Gasteiger partial charge is 0.155 e. The van der Waals surface area contributed by atoms with Crippen molar-refractivity contribution in [3.05, 3.63) is 84.0 Å². The van der Waals surface area contributed by atoms with Crippen LogP contribution in [0.4, 0.5) is 0 Å². The van der Waals surface area contributed by atoms with Crippen molar-refractivity contribution < 1.29 is 0 Å². The maximum atomic E-state index is 4.99. The van der Waals surface area contributed by atoms with Gasteiger partial charge in [-0.25, -0.2) is 14.5 Å². The molecule has 0 aromatic carbocycles. The number of aromatic amines is 1. The number of pyridine rings is 3. The maximum Gasteiger partial charge on any atom is 0.155 e. The molecule has 0 bridgehead atoms. The normalized spacial score (nSPS) is 11.9. The fraction of sp³-hybridized carbons (Fsp3) is 0.296. The van der Waals surface area contributed by atoms with E-state index in [0.717, 1.165) is 59.2 Å². The highest BCUT2D eigenvalue weighted by Gasteiger charge is 2.17. The van der Waals surface area contributed by atoms with E-state index in [9.17, 15) is 0 Å². The van der Waals surface area contributed by atoms with Crippen molar-refractivity contribution in [3.8, 4) is 22.6 Å². The number of rotatable bonds is 7. The van der Waals surface area contributed by atoms with Crippen LogP contribution in [0.1, 0.15) is 43.4 Å². The highest BCUT2D eigenvalue weighted by atomic mass is 15.3. The summed E-state index contributed by atoms with van der Waals surface area (Å²) >= 11 is 0. The Hall–Kier alpha value is -3.91. The first-order chi connectivity index (χ1) is 16.8. The van der Waals surface area contributed by atoms with Crippen molar-refractivity contribution in [2.45, 2.75) is 52.6 Å². The van der Waals surface area contributed by atoms with Gasteiger partial charge >= 0.3 is 0 Å². The quantitative estimate of drug-likeness (QED) is 0.365. The van der Waals surface area contributed by atoms with Gasteiger partial charge < -0.3 is 10.3 Å². The van der Waals surface area contributed by atoms with Gasteiger partial charge in [0.2, 0.25) is 0 Å². The minimum atomic E-state index is 0.0655. The SMILES string of the molecule is Cc1cccc(-c2[nH]c(CCc3cncc(CNC(C)(C)C)c3)nc2-c2ccc3ncnn3c2)n1. The van der Waals surface area contributed by atoms with Crippen LogP contribution in [-0.4, -0.2) is 40.1 Å². The molecule has 0 fully saturated rings. The van der Waals surface area contributed by atoms with Gasteiger partial charge in [-0.3, -0.25) is 9.97 Å². The predicted octanol–water partition coefficient (Wildman–Crippen LogP) is 4.56. The number of H-pyrrole nitrogens is 1. The number of hydrogen-bond donors (Lipinski definition) is 2. The molecule has 5 aromatic heterocycles. The molecule has 0 aliphatic carbocycles. The zero-order valence-corrected chi connectivity index (χ0v) is 20.6. The third-order valence-electron chi connectivity index (χ3n) is 5.77. The van der Waals surface area contributed by atoms with E-state index in [0.29, 0.717) is 0 Å². The fourth-order valence-corrected chi connectivity index (χ4v) is 3.98. The van der Waals surface area contributed by atoms with Crippen molar-refractivity contribution in [2.24, 2.45) is 0 Å². The van der Waals surface area contributed by atoms with Gasteiger partial charge in [0.1, 0.15) is 12.2 Å². The molecule has 2 N–H and O–H groups in total. The molecule has 5 aromatic rings. The van der Waals surface area contributed by atoms with Crippen LogP contribution in [0.3, 0.4) is 0 Å². The molecule has 178 valence electrons. The van der Waals surface area contributed by atoms with Crippen molar-refractivity contribution >= 4 is 5.65 Å². The van der Waals surface area contributed by atoms with Crippen LogP contribution in [0.25, 0.3) is 28.3 Å². The molecule has 0 unspecified atom stereocenters. The summed E-state index contributed by atoms with van der Waals surface area (Å²) in [5.41, 5.74) is 7.79. The van der Waals surface area contributed by atoms with E-state index >= 15 is 0 Å². The molecule has 0 spiro atoms. The van der Waals surface area contributed by atoms with E-state index < -0.39 is 0 Å². The van der Waals surface area contributed by atoms with Crippen LogP contribution in [0, 0.1) is 6.92 Å². The van der Waals surface area contributed by atoms with E-state index in [-0.39, 0.29) is 5.54 Å². The minimum Gasteiger partial charge on any atom is -0.340 e. The van der Waals surface area contributed by atoms with Gasteiger partial charge in [-0.05, 0) is 69.5 Å². The molecular formula is C27H30N8. The number of hydrogen-bond acceptors (Lipinski definition) is 6. The number of nitrogens with one attached hydrogen (secondary N) is 2. The largest absolute Gasteiger partial charge is 0.340 e. The molecule has 0 saturated carbocycles. The zero-order chi connectivity index (χ0) is 24.4. The second kappa shape index (κ2) is 9.38. The monoisotopic (exact) mass is 466 g/mol. The first-order valence-electron chi connectivity index (χ1n) is 11.8. The molecule has 0 radical (unpaired) electrons. The predicted molar refractivity (Wildman–Crippen MR) is 137 cm³/mol. The van der Waals surface area contributed by atoms with Crippen LogP contribution < -0.4 is 5.32 Å². The Labute approximate surface area is 204 Å². The Morgan fingerprint density at radius 2 is 1.86 bits per heavy atom. The maximum absolute atomic E-state index is 4.99. The first-order valence-corrected chi connectivity index (χ1v) is 11.8. The van der Waals surface area contributed by atoms with E-state index in [1.165, 1.54) is 11.1 Å². The van der Waals surface area contributed by atoms with Gasteiger partial charge in [-0.2, -0.15) is 5.10 Å². The fourth-order valence-electron chi connectivity index (χ4n) is 3.98. The average molecular weight is 467 g/mol. The summed E-state index contributed by atoms with van der Waals surface area (Å²) in [6.07, 6.45) is 8.98. The lowest BCUT2D eigenvalue weighted by molar-refractivity contribution is 0.424. The molecule has 0 saturated heterocycles. The summed E-state index contributed by atoms with van der Waals surface area (Å²) in [6, 6.07) is 12.2. The lowest BCUT2D eigenvalue weighted by atomic mass is 10.1. The Morgan fingerprint density at radius 3 is 2.69 bits per heavy atom. The van der Waals surface area contributed by atoms with E-state index in [2.05, 4.69) is 52.2 Å². The summed E-state index contributed by atoms with van der Waals surface area (Å²) in [5, 5.41) is 7.81. The Kier molecular flexibility index (Phi) is 6.13. The molecule has 0 atom stereocenters. The molecule has 0 aliphatic heterocycles. The summed E-state index contributed by atoms with van der Waals surface area (Å²) in [4.78, 5) is 22.0. The summed E-state index contributed by atoms with van der Waals surface area (Å²) in [5.74, 6) is 0.912. The molecule has 5 heterocycles. The second-order valence-electron chi connectivity index (χ2n) is 9.86. The second-order valence-corrected chi connectivity index (χ2v) is 9.86. The Bertz CT molecular complexity index is 1460. The lowest BCUT2D eigenvalue weighted by Crippen LogP contribution is -2.35. The first kappa shape index (κ1) is 22.9. The third-order valence-corrected chi connectivity index (χ3v) is 5.77. The van der Waals surface area contributed by atoms with E-state index in [1.807, 2.05) is 55.8 Å². The van der Waals surface area contributed by atoms with Gasteiger partial charge in [0.05, 0.1) is 17.1 Å². The van der Waals surface area contributed by atoms with Crippen LogP contribution in [-0.2, 0) is 19.4 Å². The minimum absolute atomic E-state index is 0.0655. The number of aromatic nitrogens is 7. The Balaban J connectivity index is 1.42. The van der Waals surface area contributed by atoms with Crippen LogP contribution in [0.2, 0.25) is 0 Å². The van der Waals surface area contributed by atoms with Crippen LogP contribution in [0.5, 0.6) is 0 Å². The number of nitrogens with zero attached hydrogens (tertiary/aromatic N) is 6. The summed E-state index contributed by atoms with van der Waals surface area (Å²) < 4.78 is 1.76. The van der Waals surface area contributed by atoms with Crippen LogP contribution in [0.15, 0.2) is 61.3 Å². The molecule has 35 heavy (non-hydrogen) atoms. The third kappa shape index (κ3) is 5.44. The standard InChI is InChI=1S/C27H30N8/c1-18-6-5-7-22(32-18)26-25(21-9-11-24-29-17-31-35(24)16-21)33-23(34-26)10-8-19-12-20(14-28-13-19)15-30-27(2,3)4/h5-7,9,11-14,16-17,30H,8,10,15H2,1-4H3,(H,33,34). The molecule has 5 rings (SSSR count). The van der Waals surface area contributed by atoms with Gasteiger partial charge in [-0.15, -0.1) is 0 Å². The summed E-state index contributed by atoms with van der Waals surface area (Å²) in [6.45, 7) is 9.29. The molecule has 8 nitrogen and oxygen atoms in total. The van der Waals surface area contributed by atoms with Gasteiger partial charge in [-0.1, -0.05) is 12.1 Å². The zero-order valence-electron chi connectivity index (χ0n) is 20.6. The average Bonchev–Trinajstić information content (AvgIpc) is 3.48. The molecular weight excluding hydrogens is 436 g/mol. The highest BCUT2D eigenvalue weighted by Crippen LogP contribution is 2.29. The van der Waals surface area contributed by atoms with E-state index in [1.54, 1.807) is 10.8 Å².